The zero-order valence-corrected chi connectivity index (χ0v) is 13.3. The van der Waals surface area contributed by atoms with E-state index in [1.165, 1.54) is 20.3 Å². The smallest absolute Gasteiger partial charge is 0.319 e. The number of carbonyl (C=O) groups excluding carboxylic acids is 1. The summed E-state index contributed by atoms with van der Waals surface area (Å²) in [5, 5.41) is 4.67. The Morgan fingerprint density at radius 1 is 1.08 bits per heavy atom. The minimum absolute atomic E-state index is 0.0960. The number of urea groups is 1. The van der Waals surface area contributed by atoms with Gasteiger partial charge >= 0.3 is 6.03 Å². The SMILES string of the molecule is COc1ccccc1C(CNC(=O)Nc1c(F)cccc1F)OC. The average molecular weight is 336 g/mol. The molecule has 0 radical (unpaired) electrons. The Hall–Kier alpha value is -2.67. The summed E-state index contributed by atoms with van der Waals surface area (Å²) in [6.07, 6.45) is -0.475. The zero-order valence-electron chi connectivity index (χ0n) is 13.3. The number of halogens is 2. The van der Waals surface area contributed by atoms with Crippen molar-refractivity contribution in [3.8, 4) is 5.75 Å². The monoisotopic (exact) mass is 336 g/mol. The number of amides is 2. The van der Waals surface area contributed by atoms with Crippen molar-refractivity contribution in [3.05, 3.63) is 59.7 Å². The van der Waals surface area contributed by atoms with Gasteiger partial charge in [0.1, 0.15) is 29.2 Å². The van der Waals surface area contributed by atoms with E-state index >= 15 is 0 Å². The van der Waals surface area contributed by atoms with Crippen molar-refractivity contribution < 1.29 is 23.0 Å². The molecule has 0 heterocycles. The van der Waals surface area contributed by atoms with Crippen molar-refractivity contribution in [2.75, 3.05) is 26.1 Å². The number of carbonyl (C=O) groups is 1. The lowest BCUT2D eigenvalue weighted by Crippen LogP contribution is -2.33. The molecule has 2 N–H and O–H groups in total. The number of anilines is 1. The van der Waals surface area contributed by atoms with Gasteiger partial charge < -0.3 is 20.1 Å². The van der Waals surface area contributed by atoms with E-state index in [9.17, 15) is 13.6 Å². The maximum Gasteiger partial charge on any atom is 0.319 e. The molecule has 0 aliphatic rings. The molecule has 0 aliphatic carbocycles. The third-order valence-corrected chi connectivity index (χ3v) is 3.42. The van der Waals surface area contributed by atoms with E-state index in [2.05, 4.69) is 10.6 Å². The van der Waals surface area contributed by atoms with Crippen LogP contribution in [0.15, 0.2) is 42.5 Å². The van der Waals surface area contributed by atoms with Gasteiger partial charge in [0.15, 0.2) is 0 Å². The van der Waals surface area contributed by atoms with Crippen LogP contribution in [0.5, 0.6) is 5.75 Å². The third kappa shape index (κ3) is 4.20. The lowest BCUT2D eigenvalue weighted by Gasteiger charge is -2.19. The molecule has 0 aromatic heterocycles. The fourth-order valence-electron chi connectivity index (χ4n) is 2.21. The fourth-order valence-corrected chi connectivity index (χ4v) is 2.21. The molecule has 0 spiro atoms. The van der Waals surface area contributed by atoms with Crippen LogP contribution in [0.3, 0.4) is 0 Å². The standard InChI is InChI=1S/C17H18F2N2O3/c1-23-14-9-4-3-6-11(14)15(24-2)10-20-17(22)21-16-12(18)7-5-8-13(16)19/h3-9,15H,10H2,1-2H3,(H2,20,21,22). The molecule has 0 saturated carbocycles. The molecule has 0 aliphatic heterocycles. The van der Waals surface area contributed by atoms with Crippen LogP contribution in [-0.4, -0.2) is 26.8 Å². The van der Waals surface area contributed by atoms with Gasteiger partial charge in [0.25, 0.3) is 0 Å². The Bertz CT molecular complexity index is 690. The zero-order chi connectivity index (χ0) is 17.5. The highest BCUT2D eigenvalue weighted by Crippen LogP contribution is 2.26. The van der Waals surface area contributed by atoms with E-state index in [1.807, 2.05) is 18.2 Å². The molecule has 2 aromatic carbocycles. The van der Waals surface area contributed by atoms with Gasteiger partial charge in [-0.3, -0.25) is 0 Å². The molecule has 0 saturated heterocycles. The van der Waals surface area contributed by atoms with E-state index < -0.39 is 29.5 Å². The van der Waals surface area contributed by atoms with Crippen molar-refractivity contribution in [3.63, 3.8) is 0 Å². The highest BCUT2D eigenvalue weighted by molar-refractivity contribution is 5.89. The molecular formula is C17H18F2N2O3. The Morgan fingerprint density at radius 2 is 1.75 bits per heavy atom. The summed E-state index contributed by atoms with van der Waals surface area (Å²) < 4.78 is 37.6. The molecule has 2 rings (SSSR count). The number of nitrogens with one attached hydrogen (secondary N) is 2. The van der Waals surface area contributed by atoms with E-state index in [0.29, 0.717) is 5.75 Å². The van der Waals surface area contributed by atoms with Crippen molar-refractivity contribution in [2.24, 2.45) is 0 Å². The molecule has 0 bridgehead atoms. The summed E-state index contributed by atoms with van der Waals surface area (Å²) >= 11 is 0. The Morgan fingerprint density at radius 3 is 2.38 bits per heavy atom. The average Bonchev–Trinajstić information content (AvgIpc) is 2.59. The predicted molar refractivity (Wildman–Crippen MR) is 86.1 cm³/mol. The number of para-hydroxylation sites is 2. The van der Waals surface area contributed by atoms with Gasteiger partial charge in [-0.1, -0.05) is 24.3 Å². The maximum atomic E-state index is 13.5. The first-order valence-electron chi connectivity index (χ1n) is 7.21. The van der Waals surface area contributed by atoms with Crippen LogP contribution in [0.2, 0.25) is 0 Å². The van der Waals surface area contributed by atoms with E-state index in [0.717, 1.165) is 17.7 Å². The largest absolute Gasteiger partial charge is 0.496 e. The van der Waals surface area contributed by atoms with Crippen LogP contribution >= 0.6 is 0 Å². The van der Waals surface area contributed by atoms with E-state index in [1.54, 1.807) is 6.07 Å². The van der Waals surface area contributed by atoms with Crippen LogP contribution in [0.25, 0.3) is 0 Å². The molecular weight excluding hydrogens is 318 g/mol. The van der Waals surface area contributed by atoms with Crippen molar-refractivity contribution >= 4 is 11.7 Å². The fraction of sp³-hybridized carbons (Fsp3) is 0.235. The number of ether oxygens (including phenoxy) is 2. The molecule has 2 amide bonds. The summed E-state index contributed by atoms with van der Waals surface area (Å²) in [6.45, 7) is 0.0960. The third-order valence-electron chi connectivity index (χ3n) is 3.42. The lowest BCUT2D eigenvalue weighted by atomic mass is 10.1. The summed E-state index contributed by atoms with van der Waals surface area (Å²) in [5.74, 6) is -1.08. The second kappa shape index (κ2) is 8.26. The highest BCUT2D eigenvalue weighted by Gasteiger charge is 2.17. The molecule has 128 valence electrons. The van der Waals surface area contributed by atoms with Crippen LogP contribution in [0.1, 0.15) is 11.7 Å². The molecule has 5 nitrogen and oxygen atoms in total. The Balaban J connectivity index is 2.02. The number of hydrogen-bond donors (Lipinski definition) is 2. The van der Waals surface area contributed by atoms with Gasteiger partial charge in [-0.15, -0.1) is 0 Å². The van der Waals surface area contributed by atoms with Gasteiger partial charge in [0.05, 0.1) is 7.11 Å². The summed E-state index contributed by atoms with van der Waals surface area (Å²) in [6, 6.07) is 9.82. The van der Waals surface area contributed by atoms with Crippen LogP contribution in [-0.2, 0) is 4.74 Å². The molecule has 1 atom stereocenters. The number of hydrogen-bond acceptors (Lipinski definition) is 3. The van der Waals surface area contributed by atoms with E-state index in [4.69, 9.17) is 9.47 Å². The number of methoxy groups -OCH3 is 2. The minimum atomic E-state index is -0.849. The van der Waals surface area contributed by atoms with Gasteiger partial charge in [0.2, 0.25) is 0 Å². The first-order chi connectivity index (χ1) is 11.6. The summed E-state index contributed by atoms with van der Waals surface area (Å²) in [4.78, 5) is 11.9. The van der Waals surface area contributed by atoms with Crippen LogP contribution < -0.4 is 15.4 Å². The van der Waals surface area contributed by atoms with Crippen LogP contribution in [0, 0.1) is 11.6 Å². The molecule has 1 unspecified atom stereocenters. The molecule has 24 heavy (non-hydrogen) atoms. The quantitative estimate of drug-likeness (QED) is 0.849. The minimum Gasteiger partial charge on any atom is -0.496 e. The lowest BCUT2D eigenvalue weighted by molar-refractivity contribution is 0.102. The molecule has 2 aromatic rings. The first kappa shape index (κ1) is 17.7. The molecule has 7 heteroatoms. The second-order valence-corrected chi connectivity index (χ2v) is 4.90. The number of benzene rings is 2. The van der Waals surface area contributed by atoms with Gasteiger partial charge in [0, 0.05) is 19.2 Å². The molecule has 0 fully saturated rings. The highest BCUT2D eigenvalue weighted by atomic mass is 19.1. The van der Waals surface area contributed by atoms with Crippen molar-refractivity contribution in [1.82, 2.24) is 5.32 Å². The Labute approximate surface area is 138 Å². The summed E-state index contributed by atoms with van der Waals surface area (Å²) in [5.41, 5.74) is 0.251. The van der Waals surface area contributed by atoms with Crippen molar-refractivity contribution in [1.29, 1.82) is 0 Å². The van der Waals surface area contributed by atoms with Crippen molar-refractivity contribution in [2.45, 2.75) is 6.10 Å². The second-order valence-electron chi connectivity index (χ2n) is 4.90. The predicted octanol–water partition coefficient (Wildman–Crippen LogP) is 3.48. The van der Waals surface area contributed by atoms with Gasteiger partial charge in [-0.05, 0) is 18.2 Å². The Kier molecular flexibility index (Phi) is 6.08. The van der Waals surface area contributed by atoms with Crippen LogP contribution in [0.4, 0.5) is 19.3 Å². The van der Waals surface area contributed by atoms with Gasteiger partial charge in [-0.2, -0.15) is 0 Å². The number of rotatable bonds is 6. The van der Waals surface area contributed by atoms with E-state index in [-0.39, 0.29) is 6.54 Å². The first-order valence-corrected chi connectivity index (χ1v) is 7.21. The topological polar surface area (TPSA) is 59.6 Å². The normalized spacial score (nSPS) is 11.7. The van der Waals surface area contributed by atoms with Gasteiger partial charge in [-0.25, -0.2) is 13.6 Å². The maximum absolute atomic E-state index is 13.5. The summed E-state index contributed by atoms with van der Waals surface area (Å²) in [7, 11) is 3.03.